The van der Waals surface area contributed by atoms with E-state index in [0.717, 1.165) is 5.92 Å². The SMILES string of the molecule is CCCCCC1CCCCCC=C1Br. The summed E-state index contributed by atoms with van der Waals surface area (Å²) in [7, 11) is 0. The van der Waals surface area contributed by atoms with Crippen molar-refractivity contribution in [2.45, 2.75) is 64.7 Å². The summed E-state index contributed by atoms with van der Waals surface area (Å²) in [6, 6.07) is 0. The van der Waals surface area contributed by atoms with Gasteiger partial charge in [0, 0.05) is 0 Å². The third-order valence-corrected chi connectivity index (χ3v) is 4.11. The van der Waals surface area contributed by atoms with Crippen LogP contribution in [-0.2, 0) is 0 Å². The smallest absolute Gasteiger partial charge is 0.00582 e. The van der Waals surface area contributed by atoms with Crippen molar-refractivity contribution in [1.82, 2.24) is 0 Å². The van der Waals surface area contributed by atoms with Gasteiger partial charge in [-0.2, -0.15) is 0 Å². The average Bonchev–Trinajstić information content (AvgIpc) is 2.17. The third-order valence-electron chi connectivity index (χ3n) is 3.14. The van der Waals surface area contributed by atoms with Gasteiger partial charge >= 0.3 is 0 Å². The lowest BCUT2D eigenvalue weighted by Crippen LogP contribution is -2.03. The Morgan fingerprint density at radius 3 is 2.93 bits per heavy atom. The zero-order valence-corrected chi connectivity index (χ0v) is 11.0. The van der Waals surface area contributed by atoms with Crippen molar-refractivity contribution >= 4 is 15.9 Å². The van der Waals surface area contributed by atoms with Crippen LogP contribution in [0.4, 0.5) is 0 Å². The lowest BCUT2D eigenvalue weighted by atomic mass is 9.92. The summed E-state index contributed by atoms with van der Waals surface area (Å²) in [5.74, 6) is 0.835. The topological polar surface area (TPSA) is 0 Å². The number of allylic oxidation sites excluding steroid dienone is 2. The van der Waals surface area contributed by atoms with E-state index in [-0.39, 0.29) is 0 Å². The van der Waals surface area contributed by atoms with Gasteiger partial charge in [0.05, 0.1) is 0 Å². The Morgan fingerprint density at radius 2 is 2.14 bits per heavy atom. The molecule has 0 aromatic rings. The van der Waals surface area contributed by atoms with Gasteiger partial charge in [-0.25, -0.2) is 0 Å². The summed E-state index contributed by atoms with van der Waals surface area (Å²) >= 11 is 3.75. The normalized spacial score (nSPS) is 23.9. The van der Waals surface area contributed by atoms with Crippen LogP contribution in [-0.4, -0.2) is 0 Å². The van der Waals surface area contributed by atoms with Crippen molar-refractivity contribution in [1.29, 1.82) is 0 Å². The minimum Gasteiger partial charge on any atom is -0.0741 e. The molecule has 0 bridgehead atoms. The molecule has 1 heteroatoms. The summed E-state index contributed by atoms with van der Waals surface area (Å²) in [5.41, 5.74) is 0. The van der Waals surface area contributed by atoms with Crippen LogP contribution in [0, 0.1) is 5.92 Å². The Balaban J connectivity index is 2.33. The van der Waals surface area contributed by atoms with Crippen molar-refractivity contribution < 1.29 is 0 Å². The van der Waals surface area contributed by atoms with E-state index in [4.69, 9.17) is 0 Å². The van der Waals surface area contributed by atoms with Gasteiger partial charge in [-0.3, -0.25) is 0 Å². The molecule has 1 aliphatic rings. The first-order valence-electron chi connectivity index (χ1n) is 6.20. The average molecular weight is 259 g/mol. The van der Waals surface area contributed by atoms with Crippen molar-refractivity contribution in [2.24, 2.45) is 5.92 Å². The fourth-order valence-electron chi connectivity index (χ4n) is 2.18. The fraction of sp³-hybridized carbons (Fsp3) is 0.846. The van der Waals surface area contributed by atoms with Crippen LogP contribution in [0.1, 0.15) is 64.7 Å². The maximum Gasteiger partial charge on any atom is -0.00582 e. The Labute approximate surface area is 97.3 Å². The first kappa shape index (κ1) is 12.3. The molecule has 0 amide bonds. The van der Waals surface area contributed by atoms with Crippen LogP contribution in [0.25, 0.3) is 0 Å². The zero-order valence-electron chi connectivity index (χ0n) is 9.40. The van der Waals surface area contributed by atoms with Gasteiger partial charge in [0.2, 0.25) is 0 Å². The first-order valence-corrected chi connectivity index (χ1v) is 6.99. The van der Waals surface area contributed by atoms with Crippen molar-refractivity contribution in [3.63, 3.8) is 0 Å². The first-order chi connectivity index (χ1) is 6.84. The summed E-state index contributed by atoms with van der Waals surface area (Å²) in [5, 5.41) is 0. The largest absolute Gasteiger partial charge is 0.0741 e. The predicted molar refractivity (Wildman–Crippen MR) is 67.7 cm³/mol. The lowest BCUT2D eigenvalue weighted by Gasteiger charge is -2.18. The maximum atomic E-state index is 3.75. The highest BCUT2D eigenvalue weighted by atomic mass is 79.9. The molecule has 0 aliphatic heterocycles. The van der Waals surface area contributed by atoms with Gasteiger partial charge < -0.3 is 0 Å². The van der Waals surface area contributed by atoms with Crippen molar-refractivity contribution in [2.75, 3.05) is 0 Å². The number of halogens is 1. The summed E-state index contributed by atoms with van der Waals surface area (Å²) < 4.78 is 1.49. The molecule has 0 radical (unpaired) electrons. The van der Waals surface area contributed by atoms with Gasteiger partial charge in [0.15, 0.2) is 0 Å². The second-order valence-corrected chi connectivity index (χ2v) is 5.34. The van der Waals surface area contributed by atoms with Gasteiger partial charge in [-0.1, -0.05) is 61.0 Å². The quantitative estimate of drug-likeness (QED) is 0.591. The predicted octanol–water partition coefficient (Wildman–Crippen LogP) is 5.43. The van der Waals surface area contributed by atoms with E-state index in [1.54, 1.807) is 0 Å². The van der Waals surface area contributed by atoms with E-state index in [9.17, 15) is 0 Å². The van der Waals surface area contributed by atoms with Gasteiger partial charge in [0.1, 0.15) is 0 Å². The Morgan fingerprint density at radius 1 is 1.29 bits per heavy atom. The van der Waals surface area contributed by atoms with Gasteiger partial charge in [-0.15, -0.1) is 0 Å². The number of hydrogen-bond donors (Lipinski definition) is 0. The zero-order chi connectivity index (χ0) is 10.2. The Bertz CT molecular complexity index is 172. The molecule has 0 heterocycles. The second-order valence-electron chi connectivity index (χ2n) is 4.42. The molecular weight excluding hydrogens is 236 g/mol. The van der Waals surface area contributed by atoms with Crippen LogP contribution < -0.4 is 0 Å². The maximum absolute atomic E-state index is 3.75. The van der Waals surface area contributed by atoms with Crippen LogP contribution in [0.2, 0.25) is 0 Å². The standard InChI is InChI=1S/C13H23Br/c1-2-3-6-9-12-10-7-4-5-8-11-13(12)14/h11-12H,2-10H2,1H3. The van der Waals surface area contributed by atoms with E-state index in [1.807, 2.05) is 0 Å². The molecule has 0 aromatic carbocycles. The van der Waals surface area contributed by atoms with Crippen LogP contribution in [0.15, 0.2) is 10.6 Å². The molecule has 0 nitrogen and oxygen atoms in total. The van der Waals surface area contributed by atoms with Gasteiger partial charge in [0.25, 0.3) is 0 Å². The van der Waals surface area contributed by atoms with E-state index in [1.165, 1.54) is 62.3 Å². The Kier molecular flexibility index (Phi) is 6.59. The van der Waals surface area contributed by atoms with E-state index in [0.29, 0.717) is 0 Å². The third kappa shape index (κ3) is 4.63. The van der Waals surface area contributed by atoms with E-state index < -0.39 is 0 Å². The molecule has 0 N–H and O–H groups in total. The molecule has 0 spiro atoms. The molecule has 14 heavy (non-hydrogen) atoms. The summed E-state index contributed by atoms with van der Waals surface area (Å²) in [6.07, 6.45) is 14.9. The molecule has 0 saturated carbocycles. The molecule has 1 atom stereocenters. The molecule has 1 unspecified atom stereocenters. The number of hydrogen-bond acceptors (Lipinski definition) is 0. The lowest BCUT2D eigenvalue weighted by molar-refractivity contribution is 0.465. The molecule has 0 aromatic heterocycles. The van der Waals surface area contributed by atoms with E-state index >= 15 is 0 Å². The molecule has 82 valence electrons. The van der Waals surface area contributed by atoms with Crippen LogP contribution in [0.3, 0.4) is 0 Å². The summed E-state index contributed by atoms with van der Waals surface area (Å²) in [4.78, 5) is 0. The second kappa shape index (κ2) is 7.50. The summed E-state index contributed by atoms with van der Waals surface area (Å²) in [6.45, 7) is 2.28. The fourth-order valence-corrected chi connectivity index (χ4v) is 2.87. The highest BCUT2D eigenvalue weighted by Crippen LogP contribution is 2.31. The minimum atomic E-state index is 0.835. The minimum absolute atomic E-state index is 0.835. The molecule has 0 fully saturated rings. The monoisotopic (exact) mass is 258 g/mol. The molecule has 0 saturated heterocycles. The van der Waals surface area contributed by atoms with Crippen molar-refractivity contribution in [3.05, 3.63) is 10.6 Å². The molecule has 1 rings (SSSR count). The molecular formula is C13H23Br. The van der Waals surface area contributed by atoms with E-state index in [2.05, 4.69) is 28.9 Å². The van der Waals surface area contributed by atoms with Gasteiger partial charge in [-0.05, 0) is 36.1 Å². The molecule has 1 aliphatic carbocycles. The van der Waals surface area contributed by atoms with Crippen LogP contribution >= 0.6 is 15.9 Å². The highest BCUT2D eigenvalue weighted by molar-refractivity contribution is 9.11. The Hall–Kier alpha value is 0.220. The van der Waals surface area contributed by atoms with Crippen molar-refractivity contribution in [3.8, 4) is 0 Å². The number of unbranched alkanes of at least 4 members (excludes halogenated alkanes) is 2. The number of rotatable bonds is 4. The highest BCUT2D eigenvalue weighted by Gasteiger charge is 2.12. The van der Waals surface area contributed by atoms with Crippen LogP contribution in [0.5, 0.6) is 0 Å².